The first-order chi connectivity index (χ1) is 9.45. The van der Waals surface area contributed by atoms with Crippen LogP contribution in [0.2, 0.25) is 0 Å². The maximum atomic E-state index is 6.19. The van der Waals surface area contributed by atoms with Crippen LogP contribution in [0.15, 0.2) is 24.3 Å². The minimum Gasteiger partial charge on any atom is -0.325 e. The van der Waals surface area contributed by atoms with Gasteiger partial charge in [0.15, 0.2) is 0 Å². The van der Waals surface area contributed by atoms with Gasteiger partial charge in [-0.05, 0) is 43.7 Å². The Hall–Kier alpha value is -0.820. The highest BCUT2D eigenvalue weighted by Crippen LogP contribution is 2.25. The minimum absolute atomic E-state index is 0.152. The maximum absolute atomic E-state index is 6.19. The van der Waals surface area contributed by atoms with E-state index in [-0.39, 0.29) is 5.54 Å². The number of benzene rings is 1. The molecule has 0 saturated carbocycles. The topological polar surface area (TPSA) is 26.0 Å². The Morgan fingerprint density at radius 2 is 1.50 bits per heavy atom. The van der Waals surface area contributed by atoms with Gasteiger partial charge < -0.3 is 5.73 Å². The minimum atomic E-state index is -0.152. The molecule has 0 aromatic heterocycles. The molecule has 1 rings (SSSR count). The highest BCUT2D eigenvalue weighted by molar-refractivity contribution is 5.27. The second-order valence-corrected chi connectivity index (χ2v) is 6.80. The van der Waals surface area contributed by atoms with Crippen molar-refractivity contribution < 1.29 is 0 Å². The summed E-state index contributed by atoms with van der Waals surface area (Å²) in [5.74, 6) is 0.394. The molecule has 0 saturated heterocycles. The van der Waals surface area contributed by atoms with Crippen LogP contribution < -0.4 is 5.73 Å². The predicted octanol–water partition coefficient (Wildman–Crippen LogP) is 5.43. The van der Waals surface area contributed by atoms with E-state index < -0.39 is 0 Å². The van der Waals surface area contributed by atoms with Gasteiger partial charge in [-0.15, -0.1) is 0 Å². The zero-order chi connectivity index (χ0) is 15.0. The van der Waals surface area contributed by atoms with Crippen molar-refractivity contribution in [1.82, 2.24) is 0 Å². The summed E-state index contributed by atoms with van der Waals surface area (Å²) in [5, 5.41) is 0. The van der Waals surface area contributed by atoms with Crippen LogP contribution in [0.3, 0.4) is 0 Å². The van der Waals surface area contributed by atoms with Crippen molar-refractivity contribution in [3.63, 3.8) is 0 Å². The van der Waals surface area contributed by atoms with E-state index in [0.29, 0.717) is 5.92 Å². The normalized spacial score (nSPS) is 13.4. The molecular formula is C19H33N. The quantitative estimate of drug-likeness (QED) is 0.597. The molecule has 2 N–H and O–H groups in total. The van der Waals surface area contributed by atoms with E-state index in [1.165, 1.54) is 56.1 Å². The lowest BCUT2D eigenvalue weighted by atomic mass is 9.84. The van der Waals surface area contributed by atoms with E-state index in [1.807, 2.05) is 0 Å². The molecule has 0 aliphatic heterocycles. The van der Waals surface area contributed by atoms with Crippen LogP contribution in [-0.4, -0.2) is 5.54 Å². The van der Waals surface area contributed by atoms with Crippen molar-refractivity contribution in [2.45, 2.75) is 84.1 Å². The summed E-state index contributed by atoms with van der Waals surface area (Å²) < 4.78 is 0. The van der Waals surface area contributed by atoms with Gasteiger partial charge in [-0.1, -0.05) is 70.2 Å². The van der Waals surface area contributed by atoms with Crippen molar-refractivity contribution in [2.24, 2.45) is 5.73 Å². The van der Waals surface area contributed by atoms with E-state index >= 15 is 0 Å². The molecule has 1 unspecified atom stereocenters. The van der Waals surface area contributed by atoms with Gasteiger partial charge >= 0.3 is 0 Å². The van der Waals surface area contributed by atoms with Crippen molar-refractivity contribution in [3.05, 3.63) is 35.4 Å². The smallest absolute Gasteiger partial charge is 0.0163 e. The number of unbranched alkanes of at least 4 members (excludes halogenated alkanes) is 5. The molecule has 114 valence electrons. The Labute approximate surface area is 126 Å². The summed E-state index contributed by atoms with van der Waals surface area (Å²) in [5.41, 5.74) is 8.85. The zero-order valence-corrected chi connectivity index (χ0v) is 13.9. The van der Waals surface area contributed by atoms with Gasteiger partial charge in [0.1, 0.15) is 0 Å². The third-order valence-electron chi connectivity index (χ3n) is 4.41. The summed E-state index contributed by atoms with van der Waals surface area (Å²) in [6.45, 7) is 8.68. The Morgan fingerprint density at radius 1 is 0.950 bits per heavy atom. The van der Waals surface area contributed by atoms with Crippen molar-refractivity contribution in [2.75, 3.05) is 0 Å². The first kappa shape index (κ1) is 17.2. The number of hydrogen-bond acceptors (Lipinski definition) is 1. The van der Waals surface area contributed by atoms with Gasteiger partial charge in [-0.25, -0.2) is 0 Å². The molecule has 1 nitrogen and oxygen atoms in total. The number of rotatable bonds is 9. The Balaban J connectivity index is 2.36. The third kappa shape index (κ3) is 6.09. The SMILES string of the molecule is CCCCCCCCc1ccc(C(C)C(C)(C)N)cc1. The molecule has 0 aliphatic carbocycles. The van der Waals surface area contributed by atoms with Crippen molar-refractivity contribution in [1.29, 1.82) is 0 Å². The van der Waals surface area contributed by atoms with Crippen LogP contribution >= 0.6 is 0 Å². The van der Waals surface area contributed by atoms with Crippen LogP contribution in [0.1, 0.15) is 83.3 Å². The first-order valence-corrected chi connectivity index (χ1v) is 8.33. The van der Waals surface area contributed by atoms with Gasteiger partial charge in [0, 0.05) is 5.54 Å². The van der Waals surface area contributed by atoms with Crippen molar-refractivity contribution in [3.8, 4) is 0 Å². The fourth-order valence-corrected chi connectivity index (χ4v) is 2.51. The van der Waals surface area contributed by atoms with Crippen LogP contribution in [0.25, 0.3) is 0 Å². The molecule has 1 aromatic rings. The third-order valence-corrected chi connectivity index (χ3v) is 4.41. The molecule has 1 heteroatoms. The Morgan fingerprint density at radius 3 is 2.05 bits per heavy atom. The fourth-order valence-electron chi connectivity index (χ4n) is 2.51. The van der Waals surface area contributed by atoms with Crippen LogP contribution in [0.4, 0.5) is 0 Å². The fraction of sp³-hybridized carbons (Fsp3) is 0.684. The lowest BCUT2D eigenvalue weighted by Gasteiger charge is -2.27. The lowest BCUT2D eigenvalue weighted by molar-refractivity contribution is 0.435. The molecule has 0 amide bonds. The largest absolute Gasteiger partial charge is 0.325 e. The monoisotopic (exact) mass is 275 g/mol. The zero-order valence-electron chi connectivity index (χ0n) is 13.9. The molecule has 20 heavy (non-hydrogen) atoms. The van der Waals surface area contributed by atoms with Gasteiger partial charge in [-0.3, -0.25) is 0 Å². The molecule has 0 spiro atoms. The molecule has 0 heterocycles. The Kier molecular flexibility index (Phi) is 7.29. The average Bonchev–Trinajstić information content (AvgIpc) is 2.41. The molecule has 1 atom stereocenters. The first-order valence-electron chi connectivity index (χ1n) is 8.33. The molecular weight excluding hydrogens is 242 g/mol. The maximum Gasteiger partial charge on any atom is 0.0163 e. The summed E-state index contributed by atoms with van der Waals surface area (Å²) in [6.07, 6.45) is 9.42. The average molecular weight is 275 g/mol. The van der Waals surface area contributed by atoms with E-state index in [2.05, 4.69) is 52.0 Å². The van der Waals surface area contributed by atoms with Crippen molar-refractivity contribution >= 4 is 0 Å². The summed E-state index contributed by atoms with van der Waals surface area (Å²) >= 11 is 0. The van der Waals surface area contributed by atoms with E-state index in [9.17, 15) is 0 Å². The lowest BCUT2D eigenvalue weighted by Crippen LogP contribution is -2.37. The molecule has 0 bridgehead atoms. The molecule has 1 aromatic carbocycles. The molecule has 0 radical (unpaired) electrons. The van der Waals surface area contributed by atoms with E-state index in [4.69, 9.17) is 5.73 Å². The summed E-state index contributed by atoms with van der Waals surface area (Å²) in [4.78, 5) is 0. The second-order valence-electron chi connectivity index (χ2n) is 6.80. The standard InChI is InChI=1S/C19H33N/c1-5-6-7-8-9-10-11-17-12-14-18(15-13-17)16(2)19(3,4)20/h12-16H,5-11,20H2,1-4H3. The van der Waals surface area contributed by atoms with Crippen LogP contribution in [0, 0.1) is 0 Å². The predicted molar refractivity (Wildman–Crippen MR) is 90.2 cm³/mol. The summed E-state index contributed by atoms with van der Waals surface area (Å²) in [6, 6.07) is 9.07. The number of nitrogens with two attached hydrogens (primary N) is 1. The molecule has 0 fully saturated rings. The van der Waals surface area contributed by atoms with E-state index in [1.54, 1.807) is 0 Å². The van der Waals surface area contributed by atoms with E-state index in [0.717, 1.165) is 0 Å². The Bertz CT molecular complexity index is 358. The highest BCUT2D eigenvalue weighted by atomic mass is 14.7. The van der Waals surface area contributed by atoms with Gasteiger partial charge in [0.2, 0.25) is 0 Å². The van der Waals surface area contributed by atoms with Gasteiger partial charge in [-0.2, -0.15) is 0 Å². The molecule has 0 aliphatic rings. The van der Waals surface area contributed by atoms with Crippen LogP contribution in [-0.2, 0) is 6.42 Å². The number of aryl methyl sites for hydroxylation is 1. The highest BCUT2D eigenvalue weighted by Gasteiger charge is 2.21. The second kappa shape index (κ2) is 8.46. The number of hydrogen-bond donors (Lipinski definition) is 1. The summed E-state index contributed by atoms with van der Waals surface area (Å²) in [7, 11) is 0. The van der Waals surface area contributed by atoms with Gasteiger partial charge in [0.25, 0.3) is 0 Å². The van der Waals surface area contributed by atoms with Gasteiger partial charge in [0.05, 0.1) is 0 Å². The van der Waals surface area contributed by atoms with Crippen LogP contribution in [0.5, 0.6) is 0 Å².